The number of amides is 1. The fourth-order valence-electron chi connectivity index (χ4n) is 1.55. The van der Waals surface area contributed by atoms with Gasteiger partial charge in [-0.1, -0.05) is 6.92 Å². The average molecular weight is 259 g/mol. The Kier molecular flexibility index (Phi) is 4.59. The molecule has 1 heterocycles. The van der Waals surface area contributed by atoms with Gasteiger partial charge < -0.3 is 9.84 Å². The van der Waals surface area contributed by atoms with Crippen molar-refractivity contribution < 1.29 is 19.4 Å². The van der Waals surface area contributed by atoms with Gasteiger partial charge in [-0.3, -0.25) is 14.5 Å². The van der Waals surface area contributed by atoms with E-state index in [1.54, 1.807) is 6.92 Å². The lowest BCUT2D eigenvalue weighted by atomic mass is 10.2. The first kappa shape index (κ1) is 14.1. The van der Waals surface area contributed by atoms with E-state index < -0.39 is 11.7 Å². The monoisotopic (exact) mass is 259 g/mol. The van der Waals surface area contributed by atoms with E-state index in [4.69, 9.17) is 4.74 Å². The van der Waals surface area contributed by atoms with Crippen molar-refractivity contribution >= 4 is 23.6 Å². The summed E-state index contributed by atoms with van der Waals surface area (Å²) in [5.74, 6) is -0.104. The van der Waals surface area contributed by atoms with Crippen molar-refractivity contribution in [2.24, 2.45) is 0 Å². The van der Waals surface area contributed by atoms with Crippen LogP contribution in [0.4, 0.5) is 0 Å². The van der Waals surface area contributed by atoms with Gasteiger partial charge in [-0.25, -0.2) is 0 Å². The number of hydrogen-bond donors (Lipinski definition) is 1. The maximum Gasteiger partial charge on any atom is 0.325 e. The summed E-state index contributed by atoms with van der Waals surface area (Å²) in [6, 6.07) is 0. The van der Waals surface area contributed by atoms with Crippen LogP contribution >= 0.6 is 11.8 Å². The molecule has 1 amide bonds. The van der Waals surface area contributed by atoms with Crippen molar-refractivity contribution in [3.05, 3.63) is 11.0 Å². The van der Waals surface area contributed by atoms with Crippen molar-refractivity contribution in [3.8, 4) is 0 Å². The molecule has 5 nitrogen and oxygen atoms in total. The topological polar surface area (TPSA) is 66.8 Å². The molecule has 1 N–H and O–H groups in total. The van der Waals surface area contributed by atoms with Gasteiger partial charge in [0.2, 0.25) is 0 Å². The molecule has 0 saturated carbocycles. The van der Waals surface area contributed by atoms with Crippen LogP contribution in [0.15, 0.2) is 11.0 Å². The number of carbonyl (C=O) groups excluding carboxylic acids is 2. The third-order valence-electron chi connectivity index (χ3n) is 2.30. The molecule has 1 aliphatic heterocycles. The third-order valence-corrected chi connectivity index (χ3v) is 3.19. The molecule has 0 aromatic rings. The van der Waals surface area contributed by atoms with Gasteiger partial charge in [0.1, 0.15) is 6.54 Å². The Balaban J connectivity index is 2.75. The van der Waals surface area contributed by atoms with Gasteiger partial charge in [-0.05, 0) is 25.7 Å². The number of rotatable bonds is 5. The summed E-state index contributed by atoms with van der Waals surface area (Å²) >= 11 is 1.35. The van der Waals surface area contributed by atoms with Crippen LogP contribution in [0, 0.1) is 0 Å². The first-order valence-corrected chi connectivity index (χ1v) is 6.46. The number of carbonyl (C=O) groups is 2. The number of ether oxygens (including phenoxy) is 1. The summed E-state index contributed by atoms with van der Waals surface area (Å²) in [5.41, 5.74) is -1.42. The number of thioether (sulfide) groups is 1. The normalized spacial score (nSPS) is 23.9. The quantitative estimate of drug-likeness (QED) is 0.738. The van der Waals surface area contributed by atoms with Gasteiger partial charge in [0.25, 0.3) is 5.91 Å². The summed E-state index contributed by atoms with van der Waals surface area (Å²) in [7, 11) is 0. The molecule has 1 rings (SSSR count). The second kappa shape index (κ2) is 5.55. The molecule has 0 fully saturated rings. The van der Waals surface area contributed by atoms with Crippen LogP contribution in [0.1, 0.15) is 20.8 Å². The predicted octanol–water partition coefficient (Wildman–Crippen LogP) is 0.737. The first-order valence-electron chi connectivity index (χ1n) is 5.48. The van der Waals surface area contributed by atoms with Crippen LogP contribution in [-0.2, 0) is 14.3 Å². The molecule has 0 saturated heterocycles. The van der Waals surface area contributed by atoms with Gasteiger partial charge in [-0.15, -0.1) is 11.8 Å². The van der Waals surface area contributed by atoms with Crippen LogP contribution in [0.2, 0.25) is 0 Å². The number of esters is 1. The van der Waals surface area contributed by atoms with Crippen molar-refractivity contribution in [1.82, 2.24) is 4.90 Å². The molecule has 0 bridgehead atoms. The predicted molar refractivity (Wildman–Crippen MR) is 65.2 cm³/mol. The van der Waals surface area contributed by atoms with E-state index in [2.05, 4.69) is 0 Å². The third kappa shape index (κ3) is 3.23. The molecule has 0 aromatic carbocycles. The highest BCUT2D eigenvalue weighted by molar-refractivity contribution is 8.03. The van der Waals surface area contributed by atoms with Crippen LogP contribution in [0.5, 0.6) is 0 Å². The van der Waals surface area contributed by atoms with E-state index in [0.29, 0.717) is 4.91 Å². The Labute approximate surface area is 105 Å². The minimum atomic E-state index is -1.42. The number of nitrogens with zero attached hydrogens (tertiary/aromatic N) is 1. The van der Waals surface area contributed by atoms with Crippen molar-refractivity contribution in [2.75, 3.05) is 18.9 Å². The van der Waals surface area contributed by atoms with Crippen molar-refractivity contribution in [2.45, 2.75) is 26.5 Å². The zero-order chi connectivity index (χ0) is 13.1. The average Bonchev–Trinajstić information content (AvgIpc) is 2.43. The van der Waals surface area contributed by atoms with Crippen LogP contribution in [0.25, 0.3) is 0 Å². The number of aliphatic hydroxyl groups is 1. The highest BCUT2D eigenvalue weighted by Crippen LogP contribution is 2.31. The van der Waals surface area contributed by atoms with Gasteiger partial charge >= 0.3 is 5.97 Å². The molecule has 0 aromatic heterocycles. The van der Waals surface area contributed by atoms with Crippen LogP contribution < -0.4 is 0 Å². The summed E-state index contributed by atoms with van der Waals surface area (Å²) in [6.45, 7) is 5.12. The molecule has 1 unspecified atom stereocenters. The van der Waals surface area contributed by atoms with Crippen molar-refractivity contribution in [3.63, 3.8) is 0 Å². The molecule has 0 spiro atoms. The highest BCUT2D eigenvalue weighted by Gasteiger charge is 2.41. The molecule has 17 heavy (non-hydrogen) atoms. The zero-order valence-electron chi connectivity index (χ0n) is 10.2. The maximum absolute atomic E-state index is 11.9. The summed E-state index contributed by atoms with van der Waals surface area (Å²) in [6.07, 6.45) is 1.47. The Morgan fingerprint density at radius 3 is 2.76 bits per heavy atom. The highest BCUT2D eigenvalue weighted by atomic mass is 32.2. The lowest BCUT2D eigenvalue weighted by Gasteiger charge is -2.28. The Bertz CT molecular complexity index is 351. The van der Waals surface area contributed by atoms with Gasteiger partial charge in [-0.2, -0.15) is 0 Å². The van der Waals surface area contributed by atoms with Gasteiger partial charge in [0.05, 0.1) is 11.5 Å². The molecular formula is C11H17NO4S. The van der Waals surface area contributed by atoms with Crippen molar-refractivity contribution in [1.29, 1.82) is 0 Å². The zero-order valence-corrected chi connectivity index (χ0v) is 11.0. The van der Waals surface area contributed by atoms with E-state index >= 15 is 0 Å². The summed E-state index contributed by atoms with van der Waals surface area (Å²) in [5, 5.41) is 10.0. The molecule has 1 atom stereocenters. The molecule has 96 valence electrons. The van der Waals surface area contributed by atoms with Gasteiger partial charge in [0, 0.05) is 0 Å². The van der Waals surface area contributed by atoms with Crippen LogP contribution in [0.3, 0.4) is 0 Å². The lowest BCUT2D eigenvalue weighted by molar-refractivity contribution is -0.156. The van der Waals surface area contributed by atoms with E-state index in [0.717, 1.165) is 10.7 Å². The summed E-state index contributed by atoms with van der Waals surface area (Å²) < 4.78 is 4.77. The fraction of sp³-hybridized carbons (Fsp3) is 0.636. The van der Waals surface area contributed by atoms with E-state index in [9.17, 15) is 14.7 Å². The van der Waals surface area contributed by atoms with E-state index in [1.165, 1.54) is 24.8 Å². The minimum absolute atomic E-state index is 0.232. The molecule has 0 aliphatic carbocycles. The first-order chi connectivity index (χ1) is 7.92. The fourth-order valence-corrected chi connectivity index (χ4v) is 2.40. The largest absolute Gasteiger partial charge is 0.465 e. The SMILES string of the molecule is CCOC(=O)CN1C(=O)C(SCC)=CC1(C)O. The minimum Gasteiger partial charge on any atom is -0.465 e. The molecule has 6 heteroatoms. The number of hydrogen-bond acceptors (Lipinski definition) is 5. The van der Waals surface area contributed by atoms with Gasteiger partial charge in [0.15, 0.2) is 5.72 Å². The molecule has 0 radical (unpaired) electrons. The Morgan fingerprint density at radius 1 is 1.59 bits per heavy atom. The smallest absolute Gasteiger partial charge is 0.325 e. The lowest BCUT2D eigenvalue weighted by Crippen LogP contribution is -2.47. The van der Waals surface area contributed by atoms with E-state index in [-0.39, 0.29) is 19.1 Å². The second-order valence-electron chi connectivity index (χ2n) is 3.73. The summed E-state index contributed by atoms with van der Waals surface area (Å²) in [4.78, 5) is 24.8. The Morgan fingerprint density at radius 2 is 2.24 bits per heavy atom. The standard InChI is InChI=1S/C11H17NO4S/c1-4-16-9(13)7-12-10(14)8(17-5-2)6-11(12,3)15/h6,15H,4-5,7H2,1-3H3. The van der Waals surface area contributed by atoms with E-state index in [1.807, 2.05) is 6.92 Å². The second-order valence-corrected chi connectivity index (χ2v) is 5.04. The molecule has 1 aliphatic rings. The maximum atomic E-state index is 11.9. The Hall–Kier alpha value is -1.01. The van der Waals surface area contributed by atoms with Crippen LogP contribution in [-0.4, -0.2) is 46.5 Å². The molecular weight excluding hydrogens is 242 g/mol.